The summed E-state index contributed by atoms with van der Waals surface area (Å²) in [7, 11) is 1.74. The fourth-order valence-electron chi connectivity index (χ4n) is 2.24. The van der Waals surface area contributed by atoms with Gasteiger partial charge in [0, 0.05) is 38.2 Å². The van der Waals surface area contributed by atoms with Gasteiger partial charge in [0.05, 0.1) is 0 Å². The van der Waals surface area contributed by atoms with Crippen molar-refractivity contribution in [3.05, 3.63) is 24.3 Å². The largest absolute Gasteiger partial charge is 0.399 e. The molecule has 94 valence electrons. The third-order valence-electron chi connectivity index (χ3n) is 3.16. The van der Waals surface area contributed by atoms with Crippen LogP contribution in [-0.4, -0.2) is 39.0 Å². The van der Waals surface area contributed by atoms with Gasteiger partial charge in [-0.05, 0) is 31.2 Å². The summed E-state index contributed by atoms with van der Waals surface area (Å²) >= 11 is 0. The summed E-state index contributed by atoms with van der Waals surface area (Å²) in [5.41, 5.74) is 7.65. The lowest BCUT2D eigenvalue weighted by molar-refractivity contribution is -0.0232. The first-order valence-electron chi connectivity index (χ1n) is 5.99. The lowest BCUT2D eigenvalue weighted by Crippen LogP contribution is -2.28. The highest BCUT2D eigenvalue weighted by Crippen LogP contribution is 2.24. The Hall–Kier alpha value is -1.26. The Morgan fingerprint density at radius 1 is 1.24 bits per heavy atom. The molecule has 1 aliphatic rings. The monoisotopic (exact) mass is 236 g/mol. The van der Waals surface area contributed by atoms with E-state index in [1.807, 2.05) is 31.2 Å². The van der Waals surface area contributed by atoms with Crippen LogP contribution in [-0.2, 0) is 9.47 Å². The fraction of sp³-hybridized carbons (Fsp3) is 0.538. The maximum atomic E-state index is 5.69. The van der Waals surface area contributed by atoms with E-state index in [1.165, 1.54) is 5.69 Å². The van der Waals surface area contributed by atoms with Crippen LogP contribution in [0.5, 0.6) is 0 Å². The third kappa shape index (κ3) is 2.70. The molecule has 2 rings (SSSR count). The molecule has 1 fully saturated rings. The molecular formula is C13H20N2O2. The Balaban J connectivity index is 2.06. The van der Waals surface area contributed by atoms with Crippen molar-refractivity contribution in [2.45, 2.75) is 19.1 Å². The average molecular weight is 236 g/mol. The molecule has 2 N–H and O–H groups in total. The molecule has 0 radical (unpaired) electrons. The van der Waals surface area contributed by atoms with Crippen molar-refractivity contribution < 1.29 is 9.47 Å². The van der Waals surface area contributed by atoms with Crippen LogP contribution in [0.4, 0.5) is 11.4 Å². The molecular weight excluding hydrogens is 216 g/mol. The smallest absolute Gasteiger partial charge is 0.103 e. The minimum atomic E-state index is 0.146. The first kappa shape index (κ1) is 12.2. The highest BCUT2D eigenvalue weighted by molar-refractivity contribution is 5.54. The van der Waals surface area contributed by atoms with Gasteiger partial charge in [-0.25, -0.2) is 0 Å². The van der Waals surface area contributed by atoms with E-state index in [0.717, 1.165) is 25.4 Å². The molecule has 1 aromatic carbocycles. The second-order valence-corrected chi connectivity index (χ2v) is 4.26. The number of hydrogen-bond donors (Lipinski definition) is 1. The van der Waals surface area contributed by atoms with E-state index in [4.69, 9.17) is 15.2 Å². The molecule has 4 heteroatoms. The third-order valence-corrected chi connectivity index (χ3v) is 3.16. The number of methoxy groups -OCH3 is 1. The van der Waals surface area contributed by atoms with Crippen molar-refractivity contribution in [1.82, 2.24) is 0 Å². The van der Waals surface area contributed by atoms with Gasteiger partial charge < -0.3 is 20.1 Å². The van der Waals surface area contributed by atoms with E-state index >= 15 is 0 Å². The van der Waals surface area contributed by atoms with Crippen molar-refractivity contribution in [2.24, 2.45) is 0 Å². The summed E-state index contributed by atoms with van der Waals surface area (Å²) in [5, 5.41) is 0. The lowest BCUT2D eigenvalue weighted by Gasteiger charge is -2.18. The van der Waals surface area contributed by atoms with Crippen molar-refractivity contribution in [3.63, 3.8) is 0 Å². The van der Waals surface area contributed by atoms with Gasteiger partial charge in [-0.15, -0.1) is 0 Å². The zero-order chi connectivity index (χ0) is 12.3. The summed E-state index contributed by atoms with van der Waals surface area (Å²) in [6.07, 6.45) is 0.301. The minimum absolute atomic E-state index is 0.146. The van der Waals surface area contributed by atoms with Gasteiger partial charge in [-0.3, -0.25) is 0 Å². The molecule has 0 amide bonds. The minimum Gasteiger partial charge on any atom is -0.399 e. The number of anilines is 2. The zero-order valence-corrected chi connectivity index (χ0v) is 10.4. The summed E-state index contributed by atoms with van der Waals surface area (Å²) in [4.78, 5) is 2.27. The maximum Gasteiger partial charge on any atom is 0.103 e. The van der Waals surface area contributed by atoms with Crippen LogP contribution in [0.25, 0.3) is 0 Å². The molecule has 4 nitrogen and oxygen atoms in total. The zero-order valence-electron chi connectivity index (χ0n) is 10.4. The SMILES string of the molecule is CCO[C@H]1CN(c2ccc(N)cc2)C[C@H]1OC. The van der Waals surface area contributed by atoms with Crippen LogP contribution >= 0.6 is 0 Å². The standard InChI is InChI=1S/C13H20N2O2/c1-3-17-13-9-15(8-12(13)16-2)11-6-4-10(14)5-7-11/h4-7,12-13H,3,8-9,14H2,1-2H3/t12-,13+/m1/s1. The predicted molar refractivity (Wildman–Crippen MR) is 69.3 cm³/mol. The summed E-state index contributed by atoms with van der Waals surface area (Å²) < 4.78 is 11.2. The summed E-state index contributed by atoms with van der Waals surface area (Å²) in [6, 6.07) is 7.92. The Morgan fingerprint density at radius 2 is 1.88 bits per heavy atom. The predicted octanol–water partition coefficient (Wildman–Crippen LogP) is 1.51. The topological polar surface area (TPSA) is 47.7 Å². The van der Waals surface area contributed by atoms with Gasteiger partial charge in [0.1, 0.15) is 12.2 Å². The van der Waals surface area contributed by atoms with Crippen LogP contribution in [0.2, 0.25) is 0 Å². The molecule has 1 saturated heterocycles. The average Bonchev–Trinajstić information content (AvgIpc) is 2.74. The van der Waals surface area contributed by atoms with Crippen molar-refractivity contribution in [2.75, 3.05) is 37.4 Å². The highest BCUT2D eigenvalue weighted by atomic mass is 16.5. The van der Waals surface area contributed by atoms with Gasteiger partial charge in [-0.1, -0.05) is 0 Å². The molecule has 1 heterocycles. The molecule has 1 aromatic rings. The molecule has 0 spiro atoms. The van der Waals surface area contributed by atoms with E-state index in [2.05, 4.69) is 4.90 Å². The Labute approximate surface area is 102 Å². The van der Waals surface area contributed by atoms with E-state index in [9.17, 15) is 0 Å². The molecule has 0 saturated carbocycles. The number of hydrogen-bond acceptors (Lipinski definition) is 4. The summed E-state index contributed by atoms with van der Waals surface area (Å²) in [6.45, 7) is 4.47. The van der Waals surface area contributed by atoms with Crippen LogP contribution in [0, 0.1) is 0 Å². The van der Waals surface area contributed by atoms with Gasteiger partial charge in [-0.2, -0.15) is 0 Å². The number of nitrogens with zero attached hydrogens (tertiary/aromatic N) is 1. The Morgan fingerprint density at radius 3 is 2.47 bits per heavy atom. The van der Waals surface area contributed by atoms with E-state index in [0.29, 0.717) is 0 Å². The summed E-state index contributed by atoms with van der Waals surface area (Å²) in [5.74, 6) is 0. The normalized spacial score (nSPS) is 24.2. The van der Waals surface area contributed by atoms with Gasteiger partial charge in [0.2, 0.25) is 0 Å². The second-order valence-electron chi connectivity index (χ2n) is 4.26. The Kier molecular flexibility index (Phi) is 3.86. The van der Waals surface area contributed by atoms with Gasteiger partial charge >= 0.3 is 0 Å². The molecule has 0 aromatic heterocycles. The fourth-order valence-corrected chi connectivity index (χ4v) is 2.24. The molecule has 0 unspecified atom stereocenters. The highest BCUT2D eigenvalue weighted by Gasteiger charge is 2.33. The first-order chi connectivity index (χ1) is 8.24. The molecule has 2 atom stereocenters. The Bertz CT molecular complexity index is 353. The van der Waals surface area contributed by atoms with Crippen LogP contribution in [0.3, 0.4) is 0 Å². The quantitative estimate of drug-likeness (QED) is 0.805. The second kappa shape index (κ2) is 5.38. The molecule has 1 aliphatic heterocycles. The van der Waals surface area contributed by atoms with E-state index in [1.54, 1.807) is 7.11 Å². The van der Waals surface area contributed by atoms with Crippen LogP contribution in [0.15, 0.2) is 24.3 Å². The van der Waals surface area contributed by atoms with Crippen molar-refractivity contribution in [3.8, 4) is 0 Å². The maximum absolute atomic E-state index is 5.69. The van der Waals surface area contributed by atoms with Crippen LogP contribution in [0.1, 0.15) is 6.92 Å². The van der Waals surface area contributed by atoms with Gasteiger partial charge in [0.25, 0.3) is 0 Å². The number of ether oxygens (including phenoxy) is 2. The number of nitrogens with two attached hydrogens (primary N) is 1. The number of nitrogen functional groups attached to an aromatic ring is 1. The van der Waals surface area contributed by atoms with Crippen molar-refractivity contribution in [1.29, 1.82) is 0 Å². The number of benzene rings is 1. The van der Waals surface area contributed by atoms with Crippen molar-refractivity contribution >= 4 is 11.4 Å². The molecule has 17 heavy (non-hydrogen) atoms. The van der Waals surface area contributed by atoms with Crippen LogP contribution < -0.4 is 10.6 Å². The number of rotatable bonds is 4. The molecule has 0 aliphatic carbocycles. The van der Waals surface area contributed by atoms with Gasteiger partial charge in [0.15, 0.2) is 0 Å². The first-order valence-corrected chi connectivity index (χ1v) is 5.99. The molecule has 0 bridgehead atoms. The lowest BCUT2D eigenvalue weighted by atomic mass is 10.2. The van der Waals surface area contributed by atoms with E-state index in [-0.39, 0.29) is 12.2 Å². The van der Waals surface area contributed by atoms with E-state index < -0.39 is 0 Å².